The fourth-order valence-electron chi connectivity index (χ4n) is 5.02. The summed E-state index contributed by atoms with van der Waals surface area (Å²) in [7, 11) is 3.89. The molecule has 1 N–H and O–H groups in total. The molecule has 3 nitrogen and oxygen atoms in total. The Morgan fingerprint density at radius 1 is 1.33 bits per heavy atom. The van der Waals surface area contributed by atoms with Gasteiger partial charge in [-0.1, -0.05) is 18.2 Å². The molecule has 1 aromatic carbocycles. The maximum Gasteiger partial charge on any atom is 0.161 e. The Hall–Kier alpha value is -1.48. The van der Waals surface area contributed by atoms with Gasteiger partial charge in [0.25, 0.3) is 0 Å². The summed E-state index contributed by atoms with van der Waals surface area (Å²) in [6, 6.07) is 4.68. The molecule has 1 aliphatic heterocycles. The van der Waals surface area contributed by atoms with Crippen LogP contribution in [-0.2, 0) is 11.8 Å². The molecule has 1 aromatic rings. The number of fused-ring (bicyclic) bond motifs is 1. The molecule has 0 radical (unpaired) electrons. The van der Waals surface area contributed by atoms with Gasteiger partial charge in [0.2, 0.25) is 0 Å². The summed E-state index contributed by atoms with van der Waals surface area (Å²) in [6.45, 7) is 1.12. The second kappa shape index (κ2) is 4.51. The number of ether oxygens (including phenoxy) is 1. The number of methoxy groups -OCH3 is 1. The Morgan fingerprint density at radius 2 is 2.19 bits per heavy atom. The number of allylic oxidation sites excluding steroid dienone is 2. The fourth-order valence-corrected chi connectivity index (χ4v) is 5.02. The lowest BCUT2D eigenvalue weighted by Crippen LogP contribution is -2.59. The van der Waals surface area contributed by atoms with Gasteiger partial charge in [0, 0.05) is 17.0 Å². The van der Waals surface area contributed by atoms with Crippen LogP contribution in [0.3, 0.4) is 0 Å². The maximum absolute atomic E-state index is 10.8. The second-order valence-electron chi connectivity index (χ2n) is 6.83. The molecule has 3 heteroatoms. The molecular formula is C18H23NO2. The van der Waals surface area contributed by atoms with Crippen LogP contribution in [0.5, 0.6) is 11.5 Å². The van der Waals surface area contributed by atoms with Crippen molar-refractivity contribution in [1.29, 1.82) is 0 Å². The van der Waals surface area contributed by atoms with Crippen LogP contribution in [0.4, 0.5) is 0 Å². The van der Waals surface area contributed by atoms with E-state index >= 15 is 0 Å². The summed E-state index contributed by atoms with van der Waals surface area (Å²) >= 11 is 0. The van der Waals surface area contributed by atoms with Gasteiger partial charge >= 0.3 is 0 Å². The van der Waals surface area contributed by atoms with Crippen LogP contribution in [0.15, 0.2) is 24.3 Å². The molecule has 2 unspecified atom stereocenters. The van der Waals surface area contributed by atoms with E-state index in [1.54, 1.807) is 7.11 Å². The third-order valence-electron chi connectivity index (χ3n) is 6.06. The van der Waals surface area contributed by atoms with E-state index < -0.39 is 0 Å². The van der Waals surface area contributed by atoms with Gasteiger partial charge in [0.15, 0.2) is 11.5 Å². The van der Waals surface area contributed by atoms with E-state index in [1.165, 1.54) is 11.1 Å². The zero-order valence-electron chi connectivity index (χ0n) is 12.8. The standard InChI is InChI=1S/C18H23NO2/c1-19-10-9-18-8-4-3-5-13(18)14(19)11-12-6-7-15(21-2)17(20)16(12)18/h3-4,6-7,13-14,20H,5,8-11H2,1-2H3/t13?,14?,18-/m1/s1. The predicted octanol–water partition coefficient (Wildman–Crippen LogP) is 2.87. The summed E-state index contributed by atoms with van der Waals surface area (Å²) in [5, 5.41) is 10.8. The SMILES string of the molecule is COc1ccc2c(c1O)[C@@]13CC=CCC1C(C2)N(C)CC3. The highest BCUT2D eigenvalue weighted by Crippen LogP contribution is 2.57. The number of hydrogen-bond acceptors (Lipinski definition) is 3. The number of piperidine rings is 1. The number of rotatable bonds is 1. The van der Waals surface area contributed by atoms with Crippen LogP contribution in [0.2, 0.25) is 0 Å². The zero-order valence-corrected chi connectivity index (χ0v) is 12.8. The van der Waals surface area contributed by atoms with Gasteiger partial charge in [-0.3, -0.25) is 0 Å². The lowest BCUT2D eigenvalue weighted by atomic mass is 9.53. The molecule has 0 spiro atoms. The lowest BCUT2D eigenvalue weighted by molar-refractivity contribution is 0.0274. The molecule has 1 fully saturated rings. The number of phenolic OH excluding ortho intramolecular Hbond substituents is 1. The smallest absolute Gasteiger partial charge is 0.161 e. The summed E-state index contributed by atoms with van der Waals surface area (Å²) in [4.78, 5) is 2.52. The van der Waals surface area contributed by atoms with Crippen LogP contribution >= 0.6 is 0 Å². The molecule has 2 bridgehead atoms. The average molecular weight is 285 g/mol. The first-order valence-electron chi connectivity index (χ1n) is 7.92. The van der Waals surface area contributed by atoms with Gasteiger partial charge in [-0.2, -0.15) is 0 Å². The van der Waals surface area contributed by atoms with Gasteiger partial charge in [0.1, 0.15) is 0 Å². The first kappa shape index (κ1) is 13.2. The minimum absolute atomic E-state index is 0.109. The van der Waals surface area contributed by atoms with Gasteiger partial charge in [-0.15, -0.1) is 0 Å². The third-order valence-corrected chi connectivity index (χ3v) is 6.06. The Balaban J connectivity index is 1.96. The van der Waals surface area contributed by atoms with Crippen LogP contribution in [0, 0.1) is 5.92 Å². The normalized spacial score (nSPS) is 34.2. The van der Waals surface area contributed by atoms with Crippen molar-refractivity contribution in [1.82, 2.24) is 4.90 Å². The zero-order chi connectivity index (χ0) is 14.6. The highest BCUT2D eigenvalue weighted by atomic mass is 16.5. The highest BCUT2D eigenvalue weighted by Gasteiger charge is 2.53. The van der Waals surface area contributed by atoms with E-state index in [2.05, 4.69) is 30.2 Å². The first-order valence-corrected chi connectivity index (χ1v) is 7.92. The molecule has 0 amide bonds. The average Bonchev–Trinajstić information content (AvgIpc) is 2.51. The van der Waals surface area contributed by atoms with Crippen LogP contribution in [0.1, 0.15) is 30.4 Å². The topological polar surface area (TPSA) is 32.7 Å². The van der Waals surface area contributed by atoms with E-state index in [0.29, 0.717) is 23.5 Å². The summed E-state index contributed by atoms with van der Waals surface area (Å²) in [5.41, 5.74) is 2.61. The minimum Gasteiger partial charge on any atom is -0.504 e. The van der Waals surface area contributed by atoms with Crippen molar-refractivity contribution in [2.75, 3.05) is 20.7 Å². The fraction of sp³-hybridized carbons (Fsp3) is 0.556. The molecule has 21 heavy (non-hydrogen) atoms. The monoisotopic (exact) mass is 285 g/mol. The van der Waals surface area contributed by atoms with E-state index in [0.717, 1.165) is 32.2 Å². The molecule has 2 aliphatic carbocycles. The predicted molar refractivity (Wildman–Crippen MR) is 82.9 cm³/mol. The number of aromatic hydroxyl groups is 1. The molecule has 112 valence electrons. The van der Waals surface area contributed by atoms with Gasteiger partial charge in [-0.05, 0) is 56.8 Å². The van der Waals surface area contributed by atoms with Gasteiger partial charge < -0.3 is 14.7 Å². The molecule has 1 saturated heterocycles. The minimum atomic E-state index is 0.109. The lowest BCUT2D eigenvalue weighted by Gasteiger charge is -2.57. The highest BCUT2D eigenvalue weighted by molar-refractivity contribution is 5.56. The van der Waals surface area contributed by atoms with Crippen LogP contribution in [-0.4, -0.2) is 36.8 Å². The van der Waals surface area contributed by atoms with Crippen LogP contribution in [0.25, 0.3) is 0 Å². The van der Waals surface area contributed by atoms with Crippen molar-refractivity contribution in [3.8, 4) is 11.5 Å². The molecule has 0 saturated carbocycles. The van der Waals surface area contributed by atoms with E-state index in [-0.39, 0.29) is 5.41 Å². The number of likely N-dealkylation sites (tertiary alicyclic amines) is 1. The van der Waals surface area contributed by atoms with Crippen molar-refractivity contribution < 1.29 is 9.84 Å². The number of likely N-dealkylation sites (N-methyl/N-ethyl adjacent to an activating group) is 1. The second-order valence-corrected chi connectivity index (χ2v) is 6.83. The van der Waals surface area contributed by atoms with Crippen molar-refractivity contribution in [2.45, 2.75) is 37.1 Å². The Kier molecular flexibility index (Phi) is 2.83. The molecule has 4 rings (SSSR count). The van der Waals surface area contributed by atoms with E-state index in [4.69, 9.17) is 4.74 Å². The molecule has 3 aliphatic rings. The molecule has 0 aromatic heterocycles. The Bertz CT molecular complexity index is 609. The number of nitrogens with zero attached hydrogens (tertiary/aromatic N) is 1. The van der Waals surface area contributed by atoms with Gasteiger partial charge in [-0.25, -0.2) is 0 Å². The Morgan fingerprint density at radius 3 is 3.00 bits per heavy atom. The van der Waals surface area contributed by atoms with E-state index in [9.17, 15) is 5.11 Å². The number of phenols is 1. The van der Waals surface area contributed by atoms with Crippen molar-refractivity contribution in [2.24, 2.45) is 5.92 Å². The summed E-state index contributed by atoms with van der Waals surface area (Å²) in [5.74, 6) is 1.62. The third kappa shape index (κ3) is 1.64. The van der Waals surface area contributed by atoms with Crippen molar-refractivity contribution in [3.63, 3.8) is 0 Å². The van der Waals surface area contributed by atoms with E-state index in [1.807, 2.05) is 6.07 Å². The van der Waals surface area contributed by atoms with Crippen LogP contribution < -0.4 is 4.74 Å². The summed E-state index contributed by atoms with van der Waals surface area (Å²) < 4.78 is 5.37. The molecule has 1 heterocycles. The largest absolute Gasteiger partial charge is 0.504 e. The molecule has 3 atom stereocenters. The summed E-state index contributed by atoms with van der Waals surface area (Å²) in [6.07, 6.45) is 9.00. The Labute approximate surface area is 126 Å². The number of benzene rings is 1. The first-order chi connectivity index (χ1) is 10.2. The van der Waals surface area contributed by atoms with Crippen molar-refractivity contribution >= 4 is 0 Å². The maximum atomic E-state index is 10.8. The molecular weight excluding hydrogens is 262 g/mol. The quantitative estimate of drug-likeness (QED) is 0.805. The van der Waals surface area contributed by atoms with Gasteiger partial charge in [0.05, 0.1) is 7.11 Å². The number of hydrogen-bond donors (Lipinski definition) is 1. The van der Waals surface area contributed by atoms with Crippen molar-refractivity contribution in [3.05, 3.63) is 35.4 Å².